The predicted molar refractivity (Wildman–Crippen MR) is 93.9 cm³/mol. The third-order valence-electron chi connectivity index (χ3n) is 4.22. The minimum Gasteiger partial charge on any atom is -0.372 e. The van der Waals surface area contributed by atoms with Crippen LogP contribution < -0.4 is 15.1 Å². The molecule has 0 spiro atoms. The van der Waals surface area contributed by atoms with Crippen LogP contribution in [0.15, 0.2) is 18.2 Å². The summed E-state index contributed by atoms with van der Waals surface area (Å²) in [6.07, 6.45) is 2.09. The summed E-state index contributed by atoms with van der Waals surface area (Å²) in [5.41, 5.74) is 2.95. The predicted octanol–water partition coefficient (Wildman–Crippen LogP) is 2.47. The van der Waals surface area contributed by atoms with E-state index in [9.17, 15) is 9.59 Å². The normalized spacial score (nSPS) is 13.6. The Morgan fingerprint density at radius 1 is 1.22 bits per heavy atom. The fourth-order valence-electron chi connectivity index (χ4n) is 2.74. The number of nitrogens with one attached hydrogen (secondary N) is 1. The van der Waals surface area contributed by atoms with Crippen LogP contribution in [0, 0.1) is 6.92 Å². The van der Waals surface area contributed by atoms with Crippen LogP contribution in [-0.2, 0) is 9.59 Å². The van der Waals surface area contributed by atoms with Crippen LogP contribution in [0.3, 0.4) is 0 Å². The molecule has 2 rings (SSSR count). The van der Waals surface area contributed by atoms with Gasteiger partial charge in [0.25, 0.3) is 0 Å². The van der Waals surface area contributed by atoms with Gasteiger partial charge in [-0.15, -0.1) is 0 Å². The van der Waals surface area contributed by atoms with E-state index in [1.807, 2.05) is 19.1 Å². The molecule has 1 aromatic carbocycles. The van der Waals surface area contributed by atoms with Gasteiger partial charge in [-0.2, -0.15) is 0 Å². The number of rotatable bonds is 7. The number of hydrogen-bond acceptors (Lipinski definition) is 3. The minimum absolute atomic E-state index is 0.0806. The molecule has 5 heteroatoms. The van der Waals surface area contributed by atoms with Gasteiger partial charge in [-0.3, -0.25) is 9.59 Å². The van der Waals surface area contributed by atoms with Gasteiger partial charge in [0, 0.05) is 37.4 Å². The lowest BCUT2D eigenvalue weighted by atomic mass is 10.1. The smallest absolute Gasteiger partial charge is 0.240 e. The van der Waals surface area contributed by atoms with Crippen LogP contribution in [0.1, 0.15) is 39.2 Å². The molecule has 0 atom stereocenters. The monoisotopic (exact) mass is 317 g/mol. The summed E-state index contributed by atoms with van der Waals surface area (Å²) in [5, 5.41) is 2.94. The van der Waals surface area contributed by atoms with Crippen LogP contribution in [-0.4, -0.2) is 37.5 Å². The number of aryl methyl sites for hydroxylation is 1. The second-order valence-corrected chi connectivity index (χ2v) is 6.09. The highest BCUT2D eigenvalue weighted by atomic mass is 16.2. The van der Waals surface area contributed by atoms with Crippen molar-refractivity contribution in [2.75, 3.05) is 29.4 Å². The van der Waals surface area contributed by atoms with Crippen molar-refractivity contribution in [1.29, 1.82) is 0 Å². The van der Waals surface area contributed by atoms with Crippen LogP contribution in [0.5, 0.6) is 0 Å². The molecule has 2 amide bonds. The molecule has 0 aromatic heterocycles. The number of hydrogen-bond donors (Lipinski definition) is 1. The Bertz CT molecular complexity index is 578. The number of anilines is 2. The lowest BCUT2D eigenvalue weighted by Gasteiger charge is -2.26. The molecule has 0 unspecified atom stereocenters. The molecular weight excluding hydrogens is 290 g/mol. The highest BCUT2D eigenvalue weighted by molar-refractivity contribution is 5.98. The lowest BCUT2D eigenvalue weighted by Crippen LogP contribution is -2.40. The Kier molecular flexibility index (Phi) is 5.64. The Balaban J connectivity index is 2.17. The molecule has 1 saturated carbocycles. The number of carbonyl (C=O) groups is 2. The largest absolute Gasteiger partial charge is 0.372 e. The SMILES string of the molecule is CCN(CC)c1ccc(N(CC(=O)NC2CC2)C(C)=O)c(C)c1. The fraction of sp³-hybridized carbons (Fsp3) is 0.556. The molecule has 1 aromatic rings. The average Bonchev–Trinajstić information content (AvgIpc) is 3.30. The van der Waals surface area contributed by atoms with E-state index in [0.717, 1.165) is 42.9 Å². The molecule has 5 nitrogen and oxygen atoms in total. The van der Waals surface area contributed by atoms with Crippen molar-refractivity contribution in [3.05, 3.63) is 23.8 Å². The summed E-state index contributed by atoms with van der Waals surface area (Å²) in [7, 11) is 0. The first-order chi connectivity index (χ1) is 11.0. The standard InChI is InChI=1S/C18H27N3O2/c1-5-20(6-2)16-9-10-17(13(3)11-16)21(14(4)22)12-18(23)19-15-7-8-15/h9-11,15H,5-8,12H2,1-4H3,(H,19,23). The first-order valence-corrected chi connectivity index (χ1v) is 8.39. The Morgan fingerprint density at radius 2 is 1.87 bits per heavy atom. The maximum atomic E-state index is 12.0. The van der Waals surface area contributed by atoms with Crippen molar-refractivity contribution >= 4 is 23.2 Å². The van der Waals surface area contributed by atoms with Gasteiger partial charge in [0.05, 0.1) is 0 Å². The summed E-state index contributed by atoms with van der Waals surface area (Å²) >= 11 is 0. The molecular formula is C18H27N3O2. The zero-order valence-corrected chi connectivity index (χ0v) is 14.6. The molecule has 0 bridgehead atoms. The van der Waals surface area contributed by atoms with E-state index in [1.54, 1.807) is 4.90 Å². The van der Waals surface area contributed by atoms with E-state index >= 15 is 0 Å². The van der Waals surface area contributed by atoms with Crippen molar-refractivity contribution in [3.63, 3.8) is 0 Å². The first kappa shape index (κ1) is 17.3. The molecule has 1 aliphatic rings. The molecule has 126 valence electrons. The first-order valence-electron chi connectivity index (χ1n) is 8.39. The second kappa shape index (κ2) is 7.49. The molecule has 0 heterocycles. The Labute approximate surface area is 138 Å². The van der Waals surface area contributed by atoms with Crippen LogP contribution in [0.2, 0.25) is 0 Å². The van der Waals surface area contributed by atoms with Crippen LogP contribution in [0.4, 0.5) is 11.4 Å². The third kappa shape index (κ3) is 4.47. The maximum absolute atomic E-state index is 12.0. The van der Waals surface area contributed by atoms with Gasteiger partial charge in [-0.25, -0.2) is 0 Å². The van der Waals surface area contributed by atoms with Gasteiger partial charge in [-0.1, -0.05) is 0 Å². The Morgan fingerprint density at radius 3 is 2.35 bits per heavy atom. The number of amides is 2. The quantitative estimate of drug-likeness (QED) is 0.840. The third-order valence-corrected chi connectivity index (χ3v) is 4.22. The van der Waals surface area contributed by atoms with E-state index in [0.29, 0.717) is 6.04 Å². The van der Waals surface area contributed by atoms with Gasteiger partial charge in [0.15, 0.2) is 0 Å². The van der Waals surface area contributed by atoms with E-state index in [-0.39, 0.29) is 18.4 Å². The lowest BCUT2D eigenvalue weighted by molar-refractivity contribution is -0.123. The summed E-state index contributed by atoms with van der Waals surface area (Å²) in [6.45, 7) is 9.69. The van der Waals surface area contributed by atoms with Gasteiger partial charge in [0.2, 0.25) is 11.8 Å². The van der Waals surface area contributed by atoms with E-state index in [1.165, 1.54) is 6.92 Å². The van der Waals surface area contributed by atoms with Gasteiger partial charge >= 0.3 is 0 Å². The van der Waals surface area contributed by atoms with Gasteiger partial charge < -0.3 is 15.1 Å². The number of nitrogens with zero attached hydrogens (tertiary/aromatic N) is 2. The molecule has 0 saturated heterocycles. The number of benzene rings is 1. The fourth-order valence-corrected chi connectivity index (χ4v) is 2.74. The summed E-state index contributed by atoms with van der Waals surface area (Å²) in [6, 6.07) is 6.35. The average molecular weight is 317 g/mol. The van der Waals surface area contributed by atoms with Crippen LogP contribution in [0.25, 0.3) is 0 Å². The molecule has 1 N–H and O–H groups in total. The maximum Gasteiger partial charge on any atom is 0.240 e. The van der Waals surface area contributed by atoms with Crippen LogP contribution >= 0.6 is 0 Å². The minimum atomic E-state index is -0.116. The van der Waals surface area contributed by atoms with Crippen molar-refractivity contribution in [3.8, 4) is 0 Å². The topological polar surface area (TPSA) is 52.6 Å². The van der Waals surface area contributed by atoms with Gasteiger partial charge in [0.1, 0.15) is 6.54 Å². The van der Waals surface area contributed by atoms with E-state index in [4.69, 9.17) is 0 Å². The van der Waals surface area contributed by atoms with Crippen molar-refractivity contribution in [2.45, 2.75) is 46.6 Å². The van der Waals surface area contributed by atoms with Crippen molar-refractivity contribution < 1.29 is 9.59 Å². The molecule has 23 heavy (non-hydrogen) atoms. The number of carbonyl (C=O) groups excluding carboxylic acids is 2. The molecule has 1 fully saturated rings. The Hall–Kier alpha value is -2.04. The van der Waals surface area contributed by atoms with Crippen molar-refractivity contribution in [2.24, 2.45) is 0 Å². The van der Waals surface area contributed by atoms with E-state index < -0.39 is 0 Å². The second-order valence-electron chi connectivity index (χ2n) is 6.09. The summed E-state index contributed by atoms with van der Waals surface area (Å²) in [5.74, 6) is -0.204. The highest BCUT2D eigenvalue weighted by Crippen LogP contribution is 2.26. The summed E-state index contributed by atoms with van der Waals surface area (Å²) in [4.78, 5) is 27.9. The van der Waals surface area contributed by atoms with Crippen molar-refractivity contribution in [1.82, 2.24) is 5.32 Å². The zero-order valence-electron chi connectivity index (χ0n) is 14.6. The molecule has 1 aliphatic carbocycles. The van der Waals surface area contributed by atoms with Gasteiger partial charge in [-0.05, 0) is 57.4 Å². The molecule has 0 radical (unpaired) electrons. The zero-order chi connectivity index (χ0) is 17.0. The molecule has 0 aliphatic heterocycles. The summed E-state index contributed by atoms with van der Waals surface area (Å²) < 4.78 is 0. The van der Waals surface area contributed by atoms with E-state index in [2.05, 4.69) is 30.1 Å². The highest BCUT2D eigenvalue weighted by Gasteiger charge is 2.25.